The highest BCUT2D eigenvalue weighted by molar-refractivity contribution is 7.20. The van der Waals surface area contributed by atoms with Crippen LogP contribution in [0.15, 0.2) is 36.4 Å². The summed E-state index contributed by atoms with van der Waals surface area (Å²) in [4.78, 5) is 25.7. The van der Waals surface area contributed by atoms with Crippen molar-refractivity contribution in [2.75, 3.05) is 0 Å². The second-order valence-corrected chi connectivity index (χ2v) is 7.62. The van der Waals surface area contributed by atoms with Crippen molar-refractivity contribution < 1.29 is 14.3 Å². The monoisotopic (exact) mass is 371 g/mol. The van der Waals surface area contributed by atoms with Crippen molar-refractivity contribution in [3.8, 4) is 0 Å². The van der Waals surface area contributed by atoms with E-state index >= 15 is 0 Å². The Morgan fingerprint density at radius 2 is 1.96 bits per heavy atom. The molecule has 2 heterocycles. The molecule has 3 rings (SSSR count). The van der Waals surface area contributed by atoms with Crippen molar-refractivity contribution in [2.45, 2.75) is 33.4 Å². The van der Waals surface area contributed by atoms with E-state index in [0.717, 1.165) is 22.5 Å². The molecule has 2 N–H and O–H groups in total. The van der Waals surface area contributed by atoms with Gasteiger partial charge in [-0.2, -0.15) is 5.10 Å². The molecule has 0 spiro atoms. The fourth-order valence-electron chi connectivity index (χ4n) is 2.77. The van der Waals surface area contributed by atoms with E-state index in [1.54, 1.807) is 30.3 Å². The first kappa shape index (κ1) is 18.1. The van der Waals surface area contributed by atoms with Gasteiger partial charge < -0.3 is 10.5 Å². The molecular formula is C19H21N3O3S. The molecule has 0 unspecified atom stereocenters. The second kappa shape index (κ2) is 7.29. The van der Waals surface area contributed by atoms with Crippen molar-refractivity contribution in [1.29, 1.82) is 0 Å². The minimum Gasteiger partial charge on any atom is -0.443 e. The molecule has 7 heteroatoms. The Bertz CT molecular complexity index is 944. The highest BCUT2D eigenvalue weighted by atomic mass is 32.1. The number of aryl methyl sites for hydroxylation is 1. The number of hydrogen-bond acceptors (Lipinski definition) is 5. The fraction of sp³-hybridized carbons (Fsp3) is 0.316. The lowest BCUT2D eigenvalue weighted by atomic mass is 10.1. The number of amides is 1. The predicted molar refractivity (Wildman–Crippen MR) is 101 cm³/mol. The van der Waals surface area contributed by atoms with Gasteiger partial charge in [-0.1, -0.05) is 44.2 Å². The number of esters is 1. The Hall–Kier alpha value is -2.67. The van der Waals surface area contributed by atoms with Crippen LogP contribution < -0.4 is 5.73 Å². The van der Waals surface area contributed by atoms with Crippen molar-refractivity contribution in [3.05, 3.63) is 52.5 Å². The molecular weight excluding hydrogens is 350 g/mol. The van der Waals surface area contributed by atoms with Crippen molar-refractivity contribution in [3.63, 3.8) is 0 Å². The number of primary amides is 1. The van der Waals surface area contributed by atoms with Gasteiger partial charge in [0.05, 0.1) is 5.69 Å². The molecule has 0 bridgehead atoms. The maximum atomic E-state index is 12.6. The van der Waals surface area contributed by atoms with Gasteiger partial charge in [0.25, 0.3) is 5.91 Å². The first-order valence-corrected chi connectivity index (χ1v) is 9.20. The maximum absolute atomic E-state index is 12.6. The number of thiophene rings is 1. The van der Waals surface area contributed by atoms with Crippen molar-refractivity contribution in [1.82, 2.24) is 9.78 Å². The van der Waals surface area contributed by atoms with E-state index in [2.05, 4.69) is 18.9 Å². The lowest BCUT2D eigenvalue weighted by Gasteiger charge is -2.14. The zero-order valence-corrected chi connectivity index (χ0v) is 15.7. The predicted octanol–water partition coefficient (Wildman–Crippen LogP) is 3.45. The number of aromatic nitrogens is 2. The van der Waals surface area contributed by atoms with Crippen LogP contribution in [0.25, 0.3) is 10.2 Å². The molecule has 6 nitrogen and oxygen atoms in total. The molecule has 0 aliphatic heterocycles. The SMILES string of the molecule is Cc1nn(CC(C)C)c2sc(C(=O)O[C@H](C(N)=O)c3ccccc3)cc12. The van der Waals surface area contributed by atoms with Crippen LogP contribution >= 0.6 is 11.3 Å². The maximum Gasteiger partial charge on any atom is 0.349 e. The minimum atomic E-state index is -1.11. The summed E-state index contributed by atoms with van der Waals surface area (Å²) in [5.74, 6) is -0.825. The molecule has 26 heavy (non-hydrogen) atoms. The second-order valence-electron chi connectivity index (χ2n) is 6.59. The highest BCUT2D eigenvalue weighted by Crippen LogP contribution is 2.30. The first-order chi connectivity index (χ1) is 12.4. The Labute approximate surface area is 155 Å². The third kappa shape index (κ3) is 3.62. The summed E-state index contributed by atoms with van der Waals surface area (Å²) < 4.78 is 7.33. The number of hydrogen-bond donors (Lipinski definition) is 1. The Morgan fingerprint density at radius 1 is 1.27 bits per heavy atom. The van der Waals surface area contributed by atoms with Gasteiger partial charge in [0, 0.05) is 17.5 Å². The van der Waals surface area contributed by atoms with Gasteiger partial charge in [0.15, 0.2) is 0 Å². The van der Waals surface area contributed by atoms with Gasteiger partial charge >= 0.3 is 5.97 Å². The number of carbonyl (C=O) groups excluding carboxylic acids is 2. The molecule has 0 aliphatic carbocycles. The van der Waals surface area contributed by atoms with Gasteiger partial charge in [-0.3, -0.25) is 9.48 Å². The number of nitrogens with zero attached hydrogens (tertiary/aromatic N) is 2. The minimum absolute atomic E-state index is 0.431. The van der Waals surface area contributed by atoms with E-state index < -0.39 is 18.0 Å². The summed E-state index contributed by atoms with van der Waals surface area (Å²) in [5.41, 5.74) is 6.84. The third-order valence-electron chi connectivity index (χ3n) is 3.93. The molecule has 3 aromatic rings. The quantitative estimate of drug-likeness (QED) is 0.672. The highest BCUT2D eigenvalue weighted by Gasteiger charge is 2.25. The Kier molecular flexibility index (Phi) is 5.08. The number of nitrogens with two attached hydrogens (primary N) is 1. The summed E-state index contributed by atoms with van der Waals surface area (Å²) in [7, 11) is 0. The van der Waals surface area contributed by atoms with E-state index in [1.165, 1.54) is 11.3 Å². The van der Waals surface area contributed by atoms with Gasteiger partial charge in [-0.15, -0.1) is 11.3 Å². The zero-order valence-electron chi connectivity index (χ0n) is 14.9. The molecule has 0 radical (unpaired) electrons. The van der Waals surface area contributed by atoms with E-state index in [1.807, 2.05) is 17.7 Å². The van der Waals surface area contributed by atoms with Crippen LogP contribution in [0.2, 0.25) is 0 Å². The number of fused-ring (bicyclic) bond motifs is 1. The molecule has 0 fully saturated rings. The van der Waals surface area contributed by atoms with Gasteiger partial charge in [0.1, 0.15) is 9.71 Å². The lowest BCUT2D eigenvalue weighted by Crippen LogP contribution is -2.26. The topological polar surface area (TPSA) is 87.2 Å². The van der Waals surface area contributed by atoms with Gasteiger partial charge in [-0.25, -0.2) is 4.79 Å². The van der Waals surface area contributed by atoms with Crippen LogP contribution in [-0.4, -0.2) is 21.7 Å². The molecule has 1 atom stereocenters. The van der Waals surface area contributed by atoms with Crippen LogP contribution in [0, 0.1) is 12.8 Å². The molecule has 2 aromatic heterocycles. The molecule has 0 saturated heterocycles. The fourth-order valence-corrected chi connectivity index (χ4v) is 3.82. The van der Waals surface area contributed by atoms with Crippen LogP contribution in [-0.2, 0) is 16.1 Å². The summed E-state index contributed by atoms with van der Waals surface area (Å²) in [5, 5.41) is 5.46. The number of benzene rings is 1. The number of ether oxygens (including phenoxy) is 1. The lowest BCUT2D eigenvalue weighted by molar-refractivity contribution is -0.127. The van der Waals surface area contributed by atoms with Crippen LogP contribution in [0.3, 0.4) is 0 Å². The van der Waals surface area contributed by atoms with Gasteiger partial charge in [0.2, 0.25) is 6.10 Å². The van der Waals surface area contributed by atoms with Crippen LogP contribution in [0.4, 0.5) is 0 Å². The standard InChI is InChI=1S/C19H21N3O3S/c1-11(2)10-22-18-14(12(3)21-22)9-15(26-18)19(24)25-16(17(20)23)13-7-5-4-6-8-13/h4-9,11,16H,10H2,1-3H3,(H2,20,23)/t16-/m0/s1. The van der Waals surface area contributed by atoms with Crippen molar-refractivity contribution in [2.24, 2.45) is 11.7 Å². The third-order valence-corrected chi connectivity index (χ3v) is 5.06. The smallest absolute Gasteiger partial charge is 0.349 e. The molecule has 1 aromatic carbocycles. The summed E-state index contributed by atoms with van der Waals surface area (Å²) in [6.07, 6.45) is -1.11. The molecule has 1 amide bonds. The molecule has 0 aliphatic rings. The van der Waals surface area contributed by atoms with E-state index in [9.17, 15) is 9.59 Å². The van der Waals surface area contributed by atoms with Crippen LogP contribution in [0.5, 0.6) is 0 Å². The van der Waals surface area contributed by atoms with Gasteiger partial charge in [-0.05, 0) is 18.9 Å². The number of carbonyl (C=O) groups is 2. The van der Waals surface area contributed by atoms with E-state index in [0.29, 0.717) is 16.4 Å². The van der Waals surface area contributed by atoms with Crippen LogP contribution in [0.1, 0.15) is 40.9 Å². The summed E-state index contributed by atoms with van der Waals surface area (Å²) >= 11 is 1.32. The molecule has 0 saturated carbocycles. The van der Waals surface area contributed by atoms with E-state index in [-0.39, 0.29) is 0 Å². The zero-order chi connectivity index (χ0) is 18.8. The van der Waals surface area contributed by atoms with E-state index in [4.69, 9.17) is 10.5 Å². The first-order valence-electron chi connectivity index (χ1n) is 8.39. The average molecular weight is 371 g/mol. The summed E-state index contributed by atoms with van der Waals surface area (Å²) in [6.45, 7) is 6.91. The normalized spacial score (nSPS) is 12.5. The Morgan fingerprint density at radius 3 is 2.58 bits per heavy atom. The summed E-state index contributed by atoms with van der Waals surface area (Å²) in [6, 6.07) is 10.5. The van der Waals surface area contributed by atoms with Crippen molar-refractivity contribution >= 4 is 33.4 Å². The Balaban J connectivity index is 1.88. The molecule has 136 valence electrons. The number of rotatable bonds is 6. The average Bonchev–Trinajstić information content (AvgIpc) is 3.14. The largest absolute Gasteiger partial charge is 0.443 e.